The zero-order valence-corrected chi connectivity index (χ0v) is 13.4. The molecule has 1 heterocycles. The Hall–Kier alpha value is -0.550. The first kappa shape index (κ1) is 15.8. The van der Waals surface area contributed by atoms with Crippen LogP contribution in [-0.2, 0) is 16.0 Å². The van der Waals surface area contributed by atoms with E-state index < -0.39 is 5.79 Å². The number of ether oxygens (including phenoxy) is 2. The minimum absolute atomic E-state index is 0.195. The van der Waals surface area contributed by atoms with Gasteiger partial charge in [0.05, 0.1) is 12.7 Å². The van der Waals surface area contributed by atoms with Gasteiger partial charge in [0.15, 0.2) is 5.79 Å². The molecule has 0 unspecified atom stereocenters. The molecule has 1 aromatic carbocycles. The van der Waals surface area contributed by atoms with Gasteiger partial charge in [0.2, 0.25) is 0 Å². The Bertz CT molecular complexity index is 397. The first-order valence-electron chi connectivity index (χ1n) is 7.16. The van der Waals surface area contributed by atoms with E-state index >= 15 is 0 Å². The smallest absolute Gasteiger partial charge is 0.163 e. The fourth-order valence-corrected chi connectivity index (χ4v) is 3.22. The van der Waals surface area contributed by atoms with Crippen molar-refractivity contribution < 1.29 is 9.47 Å². The van der Waals surface area contributed by atoms with E-state index in [0.29, 0.717) is 12.5 Å². The zero-order chi connectivity index (χ0) is 14.4. The van der Waals surface area contributed by atoms with Gasteiger partial charge < -0.3 is 14.8 Å². The van der Waals surface area contributed by atoms with Crippen molar-refractivity contribution in [1.29, 1.82) is 0 Å². The van der Waals surface area contributed by atoms with Crippen molar-refractivity contribution in [2.24, 2.45) is 5.92 Å². The van der Waals surface area contributed by atoms with Crippen molar-refractivity contribution in [2.75, 3.05) is 25.2 Å². The molecule has 112 valence electrons. The minimum atomic E-state index is -0.430. The second-order valence-electron chi connectivity index (χ2n) is 5.70. The van der Waals surface area contributed by atoms with Crippen molar-refractivity contribution in [2.45, 2.75) is 32.3 Å². The molecule has 4 heteroatoms. The van der Waals surface area contributed by atoms with Gasteiger partial charge in [-0.25, -0.2) is 0 Å². The highest BCUT2D eigenvalue weighted by molar-refractivity contribution is 7.98. The summed E-state index contributed by atoms with van der Waals surface area (Å²) in [6.07, 6.45) is 2.34. The predicted molar refractivity (Wildman–Crippen MR) is 84.9 cm³/mol. The van der Waals surface area contributed by atoms with Gasteiger partial charge in [0.1, 0.15) is 0 Å². The lowest BCUT2D eigenvalue weighted by Gasteiger charge is -2.24. The highest BCUT2D eigenvalue weighted by Crippen LogP contribution is 2.28. The molecule has 3 nitrogen and oxygen atoms in total. The monoisotopic (exact) mass is 295 g/mol. The SMILES string of the molecule is CSC[C@H](CNCc1ccccc1)[C@@H]1COC(C)(C)O1. The lowest BCUT2D eigenvalue weighted by atomic mass is 10.1. The van der Waals surface area contributed by atoms with Gasteiger partial charge in [0, 0.05) is 19.0 Å². The van der Waals surface area contributed by atoms with E-state index in [1.165, 1.54) is 5.56 Å². The van der Waals surface area contributed by atoms with E-state index in [4.69, 9.17) is 9.47 Å². The number of nitrogens with one attached hydrogen (secondary N) is 1. The third-order valence-corrected chi connectivity index (χ3v) is 4.28. The lowest BCUT2D eigenvalue weighted by Crippen LogP contribution is -2.35. The fourth-order valence-electron chi connectivity index (χ4n) is 2.46. The second-order valence-corrected chi connectivity index (χ2v) is 6.61. The molecule has 20 heavy (non-hydrogen) atoms. The summed E-state index contributed by atoms with van der Waals surface area (Å²) in [4.78, 5) is 0. The predicted octanol–water partition coefficient (Wildman–Crippen LogP) is 2.91. The van der Waals surface area contributed by atoms with E-state index in [-0.39, 0.29) is 6.10 Å². The molecule has 0 aliphatic carbocycles. The van der Waals surface area contributed by atoms with E-state index in [9.17, 15) is 0 Å². The van der Waals surface area contributed by atoms with Crippen LogP contribution in [0.5, 0.6) is 0 Å². The molecule has 1 saturated heterocycles. The van der Waals surface area contributed by atoms with E-state index in [1.807, 2.05) is 31.7 Å². The Morgan fingerprint density at radius 1 is 1.35 bits per heavy atom. The Morgan fingerprint density at radius 2 is 2.10 bits per heavy atom. The molecule has 0 saturated carbocycles. The molecule has 0 bridgehead atoms. The maximum Gasteiger partial charge on any atom is 0.163 e. The number of hydrogen-bond acceptors (Lipinski definition) is 4. The third kappa shape index (κ3) is 4.77. The average Bonchev–Trinajstić information content (AvgIpc) is 2.79. The van der Waals surface area contributed by atoms with Crippen LogP contribution in [0.4, 0.5) is 0 Å². The van der Waals surface area contributed by atoms with Crippen molar-refractivity contribution >= 4 is 11.8 Å². The largest absolute Gasteiger partial charge is 0.348 e. The minimum Gasteiger partial charge on any atom is -0.348 e. The second kappa shape index (κ2) is 7.46. The molecule has 1 aromatic rings. The summed E-state index contributed by atoms with van der Waals surface area (Å²) in [5.41, 5.74) is 1.32. The lowest BCUT2D eigenvalue weighted by molar-refractivity contribution is -0.143. The molecule has 0 radical (unpaired) electrons. The van der Waals surface area contributed by atoms with Crippen LogP contribution in [0, 0.1) is 5.92 Å². The zero-order valence-electron chi connectivity index (χ0n) is 12.6. The summed E-state index contributed by atoms with van der Waals surface area (Å²) >= 11 is 1.87. The van der Waals surface area contributed by atoms with Gasteiger partial charge in [-0.15, -0.1) is 0 Å². The Balaban J connectivity index is 1.81. The topological polar surface area (TPSA) is 30.5 Å². The van der Waals surface area contributed by atoms with Crippen molar-refractivity contribution in [3.8, 4) is 0 Å². The van der Waals surface area contributed by atoms with Crippen LogP contribution in [0.1, 0.15) is 19.4 Å². The quantitative estimate of drug-likeness (QED) is 0.838. The molecule has 2 rings (SSSR count). The molecule has 0 amide bonds. The maximum absolute atomic E-state index is 5.99. The summed E-state index contributed by atoms with van der Waals surface area (Å²) in [5, 5.41) is 3.54. The van der Waals surface area contributed by atoms with Crippen LogP contribution >= 0.6 is 11.8 Å². The van der Waals surface area contributed by atoms with Crippen LogP contribution in [0.3, 0.4) is 0 Å². The summed E-state index contributed by atoms with van der Waals surface area (Å²) in [6.45, 7) is 6.54. The van der Waals surface area contributed by atoms with Gasteiger partial charge in [-0.2, -0.15) is 11.8 Å². The molecule has 1 aliphatic rings. The third-order valence-electron chi connectivity index (χ3n) is 3.52. The van der Waals surface area contributed by atoms with E-state index in [0.717, 1.165) is 18.8 Å². The van der Waals surface area contributed by atoms with Crippen LogP contribution in [0.15, 0.2) is 30.3 Å². The molecular formula is C16H25NO2S. The van der Waals surface area contributed by atoms with Crippen molar-refractivity contribution in [1.82, 2.24) is 5.32 Å². The van der Waals surface area contributed by atoms with Gasteiger partial charge in [-0.05, 0) is 31.4 Å². The van der Waals surface area contributed by atoms with Gasteiger partial charge in [-0.3, -0.25) is 0 Å². The van der Waals surface area contributed by atoms with Gasteiger partial charge in [0.25, 0.3) is 0 Å². The number of hydrogen-bond donors (Lipinski definition) is 1. The highest BCUT2D eigenvalue weighted by atomic mass is 32.2. The molecule has 1 aliphatic heterocycles. The molecular weight excluding hydrogens is 270 g/mol. The maximum atomic E-state index is 5.99. The standard InChI is InChI=1S/C16H25NO2S/c1-16(2)18-11-15(19-16)14(12-20-3)10-17-9-13-7-5-4-6-8-13/h4-8,14-15,17H,9-12H2,1-3H3/t14-,15-/m0/s1. The first-order valence-corrected chi connectivity index (χ1v) is 8.55. The number of rotatable bonds is 7. The van der Waals surface area contributed by atoms with Gasteiger partial charge >= 0.3 is 0 Å². The van der Waals surface area contributed by atoms with Crippen LogP contribution in [-0.4, -0.2) is 37.1 Å². The number of thioether (sulfide) groups is 1. The number of benzene rings is 1. The summed E-state index contributed by atoms with van der Waals surface area (Å²) in [7, 11) is 0. The summed E-state index contributed by atoms with van der Waals surface area (Å²) in [5.74, 6) is 1.14. The van der Waals surface area contributed by atoms with E-state index in [2.05, 4.69) is 35.8 Å². The van der Waals surface area contributed by atoms with Crippen molar-refractivity contribution in [3.05, 3.63) is 35.9 Å². The van der Waals surface area contributed by atoms with Crippen molar-refractivity contribution in [3.63, 3.8) is 0 Å². The normalized spacial score (nSPS) is 22.9. The Morgan fingerprint density at radius 3 is 2.70 bits per heavy atom. The highest BCUT2D eigenvalue weighted by Gasteiger charge is 2.36. The van der Waals surface area contributed by atoms with Crippen LogP contribution < -0.4 is 5.32 Å². The Kier molecular flexibility index (Phi) is 5.90. The first-order chi connectivity index (χ1) is 9.61. The molecule has 0 spiro atoms. The van der Waals surface area contributed by atoms with Gasteiger partial charge in [-0.1, -0.05) is 30.3 Å². The molecule has 1 N–H and O–H groups in total. The summed E-state index contributed by atoms with van der Waals surface area (Å²) in [6, 6.07) is 10.5. The van der Waals surface area contributed by atoms with E-state index in [1.54, 1.807) is 0 Å². The van der Waals surface area contributed by atoms with Crippen LogP contribution in [0.25, 0.3) is 0 Å². The molecule has 1 fully saturated rings. The van der Waals surface area contributed by atoms with Crippen LogP contribution in [0.2, 0.25) is 0 Å². The summed E-state index contributed by atoms with van der Waals surface area (Å²) < 4.78 is 11.7. The Labute approximate surface area is 126 Å². The fraction of sp³-hybridized carbons (Fsp3) is 0.625. The molecule has 0 aromatic heterocycles. The average molecular weight is 295 g/mol. The molecule has 2 atom stereocenters.